The second-order valence-corrected chi connectivity index (χ2v) is 5.71. The van der Waals surface area contributed by atoms with Gasteiger partial charge in [-0.1, -0.05) is 40.5 Å². The summed E-state index contributed by atoms with van der Waals surface area (Å²) in [5.74, 6) is 1.69. The van der Waals surface area contributed by atoms with Crippen LogP contribution in [0.25, 0.3) is 0 Å². The minimum Gasteiger partial charge on any atom is -0.381 e. The van der Waals surface area contributed by atoms with Crippen LogP contribution in [-0.4, -0.2) is 19.0 Å². The van der Waals surface area contributed by atoms with E-state index in [1.807, 2.05) is 0 Å². The van der Waals surface area contributed by atoms with E-state index in [9.17, 15) is 0 Å². The maximum atomic E-state index is 5.86. The minimum atomic E-state index is 0.323. The summed E-state index contributed by atoms with van der Waals surface area (Å²) in [7, 11) is 0. The molecule has 0 radical (unpaired) electrons. The van der Waals surface area contributed by atoms with Gasteiger partial charge in [0.2, 0.25) is 0 Å². The van der Waals surface area contributed by atoms with Crippen molar-refractivity contribution in [3.8, 4) is 0 Å². The van der Waals surface area contributed by atoms with Crippen molar-refractivity contribution in [1.82, 2.24) is 0 Å². The fourth-order valence-corrected chi connectivity index (χ4v) is 2.55. The Hall–Kier alpha value is 0.310. The Morgan fingerprint density at radius 3 is 2.06 bits per heavy atom. The topological polar surface area (TPSA) is 9.23 Å². The molecule has 0 aliphatic heterocycles. The molecular weight excluding hydrogens is 216 g/mol. The molecule has 16 heavy (non-hydrogen) atoms. The van der Waals surface area contributed by atoms with Gasteiger partial charge in [-0.05, 0) is 30.9 Å². The molecule has 98 valence electrons. The second-order valence-electron chi connectivity index (χ2n) is 5.39. The Labute approximate surface area is 108 Å². The van der Waals surface area contributed by atoms with Gasteiger partial charge in [0.15, 0.2) is 0 Å². The minimum absolute atomic E-state index is 0.323. The van der Waals surface area contributed by atoms with Gasteiger partial charge in [0.05, 0.1) is 6.61 Å². The normalized spacial score (nSPS) is 12.4. The Balaban J connectivity index is 3.98. The van der Waals surface area contributed by atoms with Gasteiger partial charge in [0, 0.05) is 12.0 Å². The smallest absolute Gasteiger partial charge is 0.0530 e. The van der Waals surface area contributed by atoms with Crippen molar-refractivity contribution < 1.29 is 4.74 Å². The van der Waals surface area contributed by atoms with E-state index in [4.69, 9.17) is 4.74 Å². The lowest BCUT2D eigenvalue weighted by atomic mass is 9.82. The van der Waals surface area contributed by atoms with E-state index in [0.29, 0.717) is 5.41 Å². The molecule has 0 saturated carbocycles. The van der Waals surface area contributed by atoms with E-state index < -0.39 is 0 Å². The lowest BCUT2D eigenvalue weighted by molar-refractivity contribution is 0.0398. The summed E-state index contributed by atoms with van der Waals surface area (Å²) in [5.41, 5.74) is 0.323. The van der Waals surface area contributed by atoms with Crippen molar-refractivity contribution >= 4 is 12.6 Å². The Morgan fingerprint density at radius 2 is 1.69 bits per heavy atom. The van der Waals surface area contributed by atoms with Gasteiger partial charge >= 0.3 is 0 Å². The number of hydrogen-bond acceptors (Lipinski definition) is 2. The van der Waals surface area contributed by atoms with E-state index in [1.165, 1.54) is 32.1 Å². The zero-order chi connectivity index (χ0) is 12.4. The van der Waals surface area contributed by atoms with E-state index >= 15 is 0 Å². The average molecular weight is 246 g/mol. The van der Waals surface area contributed by atoms with Gasteiger partial charge in [0.1, 0.15) is 0 Å². The lowest BCUT2D eigenvalue weighted by Crippen LogP contribution is -2.29. The standard InChI is InChI=1S/C14H30OS/c1-5-8-14(12-16,9-6-2)11-15-10-7-13(3)4/h13,16H,5-12H2,1-4H3. The summed E-state index contributed by atoms with van der Waals surface area (Å²) in [6, 6.07) is 0. The number of thiol groups is 1. The van der Waals surface area contributed by atoms with Crippen molar-refractivity contribution in [3.05, 3.63) is 0 Å². The molecule has 0 fully saturated rings. The molecule has 0 unspecified atom stereocenters. The first-order valence-corrected chi connectivity index (χ1v) is 7.42. The summed E-state index contributed by atoms with van der Waals surface area (Å²) in [6.45, 7) is 10.8. The van der Waals surface area contributed by atoms with Gasteiger partial charge in [-0.2, -0.15) is 12.6 Å². The van der Waals surface area contributed by atoms with Crippen molar-refractivity contribution in [1.29, 1.82) is 0 Å². The molecule has 0 aromatic carbocycles. The third-order valence-corrected chi connectivity index (χ3v) is 3.81. The summed E-state index contributed by atoms with van der Waals surface area (Å²) in [6.07, 6.45) is 6.11. The van der Waals surface area contributed by atoms with Crippen LogP contribution in [0.15, 0.2) is 0 Å². The van der Waals surface area contributed by atoms with Crippen LogP contribution in [-0.2, 0) is 4.74 Å². The Morgan fingerprint density at radius 1 is 1.12 bits per heavy atom. The molecule has 0 spiro atoms. The molecule has 1 nitrogen and oxygen atoms in total. The highest BCUT2D eigenvalue weighted by atomic mass is 32.1. The quantitative estimate of drug-likeness (QED) is 0.439. The number of rotatable bonds is 10. The number of ether oxygens (including phenoxy) is 1. The monoisotopic (exact) mass is 246 g/mol. The van der Waals surface area contributed by atoms with Gasteiger partial charge < -0.3 is 4.74 Å². The zero-order valence-corrected chi connectivity index (χ0v) is 12.5. The largest absolute Gasteiger partial charge is 0.381 e. The summed E-state index contributed by atoms with van der Waals surface area (Å²) < 4.78 is 5.86. The third-order valence-electron chi connectivity index (χ3n) is 3.14. The predicted octanol–water partition coefficient (Wildman–Crippen LogP) is 4.57. The SMILES string of the molecule is CCCC(CS)(CCC)COCCC(C)C. The van der Waals surface area contributed by atoms with Crippen LogP contribution >= 0.6 is 12.6 Å². The summed E-state index contributed by atoms with van der Waals surface area (Å²) in [4.78, 5) is 0. The molecule has 2 heteroatoms. The van der Waals surface area contributed by atoms with Gasteiger partial charge in [0.25, 0.3) is 0 Å². The van der Waals surface area contributed by atoms with Crippen LogP contribution in [0.4, 0.5) is 0 Å². The van der Waals surface area contributed by atoms with Gasteiger partial charge in [-0.3, -0.25) is 0 Å². The lowest BCUT2D eigenvalue weighted by Gasteiger charge is -2.31. The first-order chi connectivity index (χ1) is 7.60. The van der Waals surface area contributed by atoms with Crippen LogP contribution in [0, 0.1) is 11.3 Å². The highest BCUT2D eigenvalue weighted by molar-refractivity contribution is 7.80. The highest BCUT2D eigenvalue weighted by Crippen LogP contribution is 2.31. The fraction of sp³-hybridized carbons (Fsp3) is 1.00. The maximum Gasteiger partial charge on any atom is 0.0530 e. The molecule has 0 bridgehead atoms. The van der Waals surface area contributed by atoms with Crippen LogP contribution in [0.3, 0.4) is 0 Å². The Kier molecular flexibility index (Phi) is 9.53. The molecule has 0 aromatic heterocycles. The fourth-order valence-electron chi connectivity index (χ4n) is 2.14. The van der Waals surface area contributed by atoms with Gasteiger partial charge in [-0.25, -0.2) is 0 Å². The van der Waals surface area contributed by atoms with Crippen LogP contribution in [0.2, 0.25) is 0 Å². The molecule has 0 atom stereocenters. The molecule has 0 rings (SSSR count). The molecule has 0 N–H and O–H groups in total. The van der Waals surface area contributed by atoms with E-state index in [0.717, 1.165) is 24.9 Å². The molecule has 0 heterocycles. The van der Waals surface area contributed by atoms with Crippen molar-refractivity contribution in [2.75, 3.05) is 19.0 Å². The first-order valence-electron chi connectivity index (χ1n) is 6.78. The van der Waals surface area contributed by atoms with Crippen LogP contribution in [0.5, 0.6) is 0 Å². The van der Waals surface area contributed by atoms with Crippen molar-refractivity contribution in [2.45, 2.75) is 59.8 Å². The first kappa shape index (κ1) is 16.3. The molecule has 0 aliphatic rings. The zero-order valence-electron chi connectivity index (χ0n) is 11.6. The van der Waals surface area contributed by atoms with E-state index in [1.54, 1.807) is 0 Å². The Bertz CT molecular complexity index is 151. The third kappa shape index (κ3) is 6.80. The summed E-state index contributed by atoms with van der Waals surface area (Å²) >= 11 is 4.53. The number of hydrogen-bond donors (Lipinski definition) is 1. The molecule has 0 saturated heterocycles. The average Bonchev–Trinajstić information content (AvgIpc) is 2.24. The second kappa shape index (κ2) is 9.35. The van der Waals surface area contributed by atoms with Crippen molar-refractivity contribution in [3.63, 3.8) is 0 Å². The van der Waals surface area contributed by atoms with Crippen LogP contribution < -0.4 is 0 Å². The molecular formula is C14H30OS. The van der Waals surface area contributed by atoms with E-state index in [-0.39, 0.29) is 0 Å². The van der Waals surface area contributed by atoms with E-state index in [2.05, 4.69) is 40.3 Å². The molecule has 0 aromatic rings. The summed E-state index contributed by atoms with van der Waals surface area (Å²) in [5, 5.41) is 0. The molecule has 0 amide bonds. The highest BCUT2D eigenvalue weighted by Gasteiger charge is 2.26. The molecule has 0 aliphatic carbocycles. The van der Waals surface area contributed by atoms with Crippen LogP contribution in [0.1, 0.15) is 59.8 Å². The van der Waals surface area contributed by atoms with Crippen molar-refractivity contribution in [2.24, 2.45) is 11.3 Å². The van der Waals surface area contributed by atoms with Gasteiger partial charge in [-0.15, -0.1) is 0 Å². The maximum absolute atomic E-state index is 5.86. The predicted molar refractivity (Wildman–Crippen MR) is 76.4 cm³/mol.